The summed E-state index contributed by atoms with van der Waals surface area (Å²) in [5.74, 6) is 2.33. The molecule has 1 aliphatic rings. The van der Waals surface area contributed by atoms with E-state index in [-0.39, 0.29) is 18.2 Å². The highest BCUT2D eigenvalue weighted by Crippen LogP contribution is 2.29. The molecule has 0 saturated carbocycles. The fraction of sp³-hybridized carbons (Fsp3) is 0.360. The number of aromatic nitrogens is 4. The van der Waals surface area contributed by atoms with Crippen molar-refractivity contribution in [2.75, 3.05) is 46.6 Å². The lowest BCUT2D eigenvalue weighted by Gasteiger charge is -2.33. The molecule has 1 saturated heterocycles. The van der Waals surface area contributed by atoms with Gasteiger partial charge in [-0.05, 0) is 12.0 Å². The van der Waals surface area contributed by atoms with E-state index in [2.05, 4.69) is 46.7 Å². The molecule has 1 fully saturated rings. The molecule has 0 radical (unpaired) electrons. The minimum absolute atomic E-state index is 0.119. The molecule has 0 bridgehead atoms. The van der Waals surface area contributed by atoms with E-state index in [1.54, 1.807) is 0 Å². The molecule has 0 spiro atoms. The monoisotopic (exact) mass is 536 g/mol. The zero-order valence-corrected chi connectivity index (χ0v) is 22.1. The molecule has 1 aromatic carbocycles. The summed E-state index contributed by atoms with van der Waals surface area (Å²) in [6, 6.07) is 9.58. The first-order chi connectivity index (χ1) is 18.0. The highest BCUT2D eigenvalue weighted by Gasteiger charge is 2.23. The van der Waals surface area contributed by atoms with Gasteiger partial charge in [0.15, 0.2) is 0 Å². The van der Waals surface area contributed by atoms with Crippen molar-refractivity contribution in [1.29, 1.82) is 0 Å². The number of rotatable bonds is 10. The second-order valence-corrected chi connectivity index (χ2v) is 10.3. The van der Waals surface area contributed by atoms with Crippen LogP contribution in [0.25, 0.3) is 0 Å². The highest BCUT2D eigenvalue weighted by atomic mass is 32.1. The van der Waals surface area contributed by atoms with E-state index in [4.69, 9.17) is 6.42 Å². The molecular formula is C25H28N8O2S2. The number of nitrogens with zero attached hydrogens (tertiary/aromatic N) is 6. The van der Waals surface area contributed by atoms with Crippen LogP contribution in [0.2, 0.25) is 0 Å². The molecule has 2 N–H and O–H groups in total. The molecule has 3 heterocycles. The Bertz CT molecular complexity index is 1270. The van der Waals surface area contributed by atoms with Crippen molar-refractivity contribution < 1.29 is 9.59 Å². The standard InChI is InChI=1S/C25H28N8O2S2/c1-3-8-18(9-4-2)16-20(34)26-22-28-30-24(36-22)32-12-14-33(15-13-32)25-31-29-23(37-25)27-21(35)17-19-10-6-5-7-11-19/h1,5-7,9-11H,4,8,12-17H2,2H3,(H,26,28,34)(H,27,29,35)/b18-9+. The van der Waals surface area contributed by atoms with Crippen molar-refractivity contribution in [1.82, 2.24) is 20.4 Å². The van der Waals surface area contributed by atoms with Gasteiger partial charge in [-0.3, -0.25) is 9.59 Å². The molecule has 0 aliphatic carbocycles. The first-order valence-electron chi connectivity index (χ1n) is 12.0. The molecule has 192 valence electrons. The lowest BCUT2D eigenvalue weighted by atomic mass is 10.1. The topological polar surface area (TPSA) is 116 Å². The SMILES string of the molecule is C#CC/C(=C\CC)CC(=O)Nc1nnc(N2CCN(c3nnc(NC(=O)Cc4ccccc4)s3)CC2)s1. The van der Waals surface area contributed by atoms with Crippen molar-refractivity contribution in [2.45, 2.75) is 32.6 Å². The lowest BCUT2D eigenvalue weighted by molar-refractivity contribution is -0.116. The van der Waals surface area contributed by atoms with Gasteiger partial charge >= 0.3 is 0 Å². The molecular weight excluding hydrogens is 508 g/mol. The summed E-state index contributed by atoms with van der Waals surface area (Å²) in [4.78, 5) is 29.0. The first kappa shape index (κ1) is 26.2. The Hall–Kier alpha value is -3.82. The van der Waals surface area contributed by atoms with Crippen molar-refractivity contribution in [3.63, 3.8) is 0 Å². The van der Waals surface area contributed by atoms with E-state index in [1.165, 1.54) is 22.7 Å². The fourth-order valence-electron chi connectivity index (χ4n) is 3.82. The zero-order valence-electron chi connectivity index (χ0n) is 20.5. The van der Waals surface area contributed by atoms with Crippen LogP contribution in [0.15, 0.2) is 42.0 Å². The molecule has 12 heteroatoms. The van der Waals surface area contributed by atoms with Crippen molar-refractivity contribution in [3.05, 3.63) is 47.5 Å². The van der Waals surface area contributed by atoms with Crippen LogP contribution in [0.4, 0.5) is 20.5 Å². The molecule has 10 nitrogen and oxygen atoms in total. The number of benzene rings is 1. The Morgan fingerprint density at radius 1 is 0.946 bits per heavy atom. The van der Waals surface area contributed by atoms with E-state index < -0.39 is 0 Å². The Morgan fingerprint density at radius 3 is 2.05 bits per heavy atom. The summed E-state index contributed by atoms with van der Waals surface area (Å²) >= 11 is 2.71. The molecule has 0 unspecified atom stereocenters. The van der Waals surface area contributed by atoms with Crippen LogP contribution in [0.1, 0.15) is 31.7 Å². The van der Waals surface area contributed by atoms with Crippen LogP contribution in [-0.4, -0.2) is 58.4 Å². The van der Waals surface area contributed by atoms with Crippen molar-refractivity contribution >= 4 is 55.0 Å². The van der Waals surface area contributed by atoms with Gasteiger partial charge in [0.25, 0.3) is 0 Å². The minimum atomic E-state index is -0.148. The number of allylic oxidation sites excluding steroid dienone is 1. The summed E-state index contributed by atoms with van der Waals surface area (Å²) in [7, 11) is 0. The van der Waals surface area contributed by atoms with Crippen LogP contribution >= 0.6 is 22.7 Å². The Balaban J connectivity index is 1.25. The normalized spacial score (nSPS) is 13.8. The van der Waals surface area contributed by atoms with Gasteiger partial charge in [0.05, 0.1) is 6.42 Å². The highest BCUT2D eigenvalue weighted by molar-refractivity contribution is 7.19. The fourth-order valence-corrected chi connectivity index (χ4v) is 5.44. The zero-order chi connectivity index (χ0) is 26.0. The maximum Gasteiger partial charge on any atom is 0.230 e. The number of carbonyl (C=O) groups is 2. The number of terminal acetylenes is 1. The number of nitrogens with one attached hydrogen (secondary N) is 2. The summed E-state index contributed by atoms with van der Waals surface area (Å²) in [5, 5.41) is 24.9. The predicted octanol–water partition coefficient (Wildman–Crippen LogP) is 3.59. The second-order valence-electron chi connectivity index (χ2n) is 8.34. The van der Waals surface area contributed by atoms with Crippen LogP contribution < -0.4 is 20.4 Å². The van der Waals surface area contributed by atoms with E-state index in [0.717, 1.165) is 54.0 Å². The van der Waals surface area contributed by atoms with Gasteiger partial charge in [0.1, 0.15) is 0 Å². The molecule has 1 aliphatic heterocycles. The third kappa shape index (κ3) is 7.58. The van der Waals surface area contributed by atoms with Crippen molar-refractivity contribution in [3.8, 4) is 12.3 Å². The van der Waals surface area contributed by atoms with E-state index >= 15 is 0 Å². The smallest absolute Gasteiger partial charge is 0.230 e. The van der Waals surface area contributed by atoms with Crippen LogP contribution in [0.3, 0.4) is 0 Å². The summed E-state index contributed by atoms with van der Waals surface area (Å²) in [6.45, 7) is 4.92. The Kier molecular flexibility index (Phi) is 9.18. The average molecular weight is 537 g/mol. The number of carbonyl (C=O) groups excluding carboxylic acids is 2. The summed E-state index contributed by atoms with van der Waals surface area (Å²) in [6.07, 6.45) is 9.22. The van der Waals surface area contributed by atoms with Gasteiger partial charge in [-0.1, -0.05) is 71.6 Å². The van der Waals surface area contributed by atoms with Gasteiger partial charge in [0.2, 0.25) is 32.3 Å². The molecule has 0 atom stereocenters. The largest absolute Gasteiger partial charge is 0.343 e. The minimum Gasteiger partial charge on any atom is -0.343 e. The lowest BCUT2D eigenvalue weighted by Crippen LogP contribution is -2.46. The van der Waals surface area contributed by atoms with Gasteiger partial charge in [0, 0.05) is 39.0 Å². The van der Waals surface area contributed by atoms with Gasteiger partial charge in [-0.15, -0.1) is 32.7 Å². The van der Waals surface area contributed by atoms with Crippen LogP contribution in [0, 0.1) is 12.3 Å². The maximum atomic E-state index is 12.4. The van der Waals surface area contributed by atoms with Gasteiger partial charge < -0.3 is 20.4 Å². The molecule has 2 amide bonds. The van der Waals surface area contributed by atoms with E-state index in [9.17, 15) is 9.59 Å². The number of hydrogen-bond donors (Lipinski definition) is 2. The molecule has 4 rings (SSSR count). The number of amides is 2. The van der Waals surface area contributed by atoms with Crippen molar-refractivity contribution in [2.24, 2.45) is 0 Å². The molecule has 37 heavy (non-hydrogen) atoms. The van der Waals surface area contributed by atoms with Gasteiger partial charge in [-0.2, -0.15) is 0 Å². The average Bonchev–Trinajstić information content (AvgIpc) is 3.55. The van der Waals surface area contributed by atoms with E-state index in [0.29, 0.717) is 23.1 Å². The Labute approximate surface area is 223 Å². The molecule has 3 aromatic rings. The maximum absolute atomic E-state index is 12.4. The van der Waals surface area contributed by atoms with Crippen LogP contribution in [0.5, 0.6) is 0 Å². The number of piperazine rings is 1. The third-order valence-electron chi connectivity index (χ3n) is 5.56. The number of anilines is 4. The molecule has 2 aromatic heterocycles. The third-order valence-corrected chi connectivity index (χ3v) is 7.36. The van der Waals surface area contributed by atoms with Crippen LogP contribution in [-0.2, 0) is 16.0 Å². The predicted molar refractivity (Wildman–Crippen MR) is 148 cm³/mol. The quantitative estimate of drug-likeness (QED) is 0.298. The van der Waals surface area contributed by atoms with Gasteiger partial charge in [-0.25, -0.2) is 0 Å². The van der Waals surface area contributed by atoms with E-state index in [1.807, 2.05) is 43.3 Å². The summed E-state index contributed by atoms with van der Waals surface area (Å²) in [5.41, 5.74) is 1.88. The first-order valence-corrected chi connectivity index (χ1v) is 13.6. The number of hydrogen-bond acceptors (Lipinski definition) is 10. The summed E-state index contributed by atoms with van der Waals surface area (Å²) < 4.78 is 0. The second kappa shape index (κ2) is 12.9. The Morgan fingerprint density at radius 2 is 1.51 bits per heavy atom.